The second kappa shape index (κ2) is 5.55. The highest BCUT2D eigenvalue weighted by Crippen LogP contribution is 2.19. The molecule has 1 rings (SSSR count). The van der Waals surface area contributed by atoms with E-state index >= 15 is 0 Å². The van der Waals surface area contributed by atoms with Gasteiger partial charge in [0, 0.05) is 10.9 Å². The van der Waals surface area contributed by atoms with Crippen LogP contribution in [0.5, 0.6) is 0 Å². The Balaban J connectivity index is 2.80. The molecule has 0 aromatic heterocycles. The maximum absolute atomic E-state index is 13.0. The minimum absolute atomic E-state index is 0.0394. The van der Waals surface area contributed by atoms with Crippen LogP contribution in [0.3, 0.4) is 0 Å². The molecule has 2 nitrogen and oxygen atoms in total. The van der Waals surface area contributed by atoms with Gasteiger partial charge >= 0.3 is 0 Å². The Bertz CT molecular complexity index is 391. The largest absolute Gasteiger partial charge is 0.385 e. The molecule has 1 aromatic rings. The van der Waals surface area contributed by atoms with E-state index in [0.717, 1.165) is 0 Å². The van der Waals surface area contributed by atoms with Gasteiger partial charge in [0.1, 0.15) is 11.9 Å². The lowest BCUT2D eigenvalue weighted by atomic mass is 9.98. The second-order valence-corrected chi connectivity index (χ2v) is 4.92. The van der Waals surface area contributed by atoms with Gasteiger partial charge < -0.3 is 5.11 Å². The summed E-state index contributed by atoms with van der Waals surface area (Å²) in [6.07, 6.45) is -0.951. The molecule has 88 valence electrons. The summed E-state index contributed by atoms with van der Waals surface area (Å²) in [6.45, 7) is 3.53. The zero-order valence-corrected chi connectivity index (χ0v) is 10.8. The molecule has 1 atom stereocenters. The fourth-order valence-electron chi connectivity index (χ4n) is 1.34. The molecule has 1 unspecified atom stereocenters. The van der Waals surface area contributed by atoms with Crippen LogP contribution in [-0.4, -0.2) is 17.0 Å². The third-order valence-corrected chi connectivity index (χ3v) is 3.11. The van der Waals surface area contributed by atoms with Crippen molar-refractivity contribution in [3.05, 3.63) is 34.1 Å². The molecule has 0 fully saturated rings. The number of halogens is 2. The van der Waals surface area contributed by atoms with Gasteiger partial charge in [-0.05, 0) is 29.7 Å². The normalized spacial score (nSPS) is 12.9. The molecule has 0 aliphatic rings. The molecule has 1 aromatic carbocycles. The molecule has 0 spiro atoms. The van der Waals surface area contributed by atoms with E-state index in [4.69, 9.17) is 0 Å². The Kier molecular flexibility index (Phi) is 4.62. The van der Waals surface area contributed by atoms with Crippen LogP contribution < -0.4 is 0 Å². The predicted molar refractivity (Wildman–Crippen MR) is 63.7 cm³/mol. The highest BCUT2D eigenvalue weighted by molar-refractivity contribution is 9.10. The number of Topliss-reactive ketones (excluding diaryl/α,β-unsaturated/α-hetero) is 1. The Labute approximate surface area is 103 Å². The zero-order chi connectivity index (χ0) is 12.3. The quantitative estimate of drug-likeness (QED) is 0.925. The fourth-order valence-corrected chi connectivity index (χ4v) is 1.73. The topological polar surface area (TPSA) is 37.3 Å². The van der Waals surface area contributed by atoms with E-state index in [1.807, 2.05) is 0 Å². The Morgan fingerprint density at radius 2 is 2.12 bits per heavy atom. The molecular formula is C12H14BrFO2. The fraction of sp³-hybridized carbons (Fsp3) is 0.417. The second-order valence-electron chi connectivity index (χ2n) is 4.07. The number of rotatable bonds is 4. The molecule has 4 heteroatoms. The summed E-state index contributed by atoms with van der Waals surface area (Å²) in [6, 6.07) is 4.17. The summed E-state index contributed by atoms with van der Waals surface area (Å²) < 4.78 is 13.6. The molecule has 1 N–H and O–H groups in total. The van der Waals surface area contributed by atoms with Gasteiger partial charge in [-0.15, -0.1) is 0 Å². The lowest BCUT2D eigenvalue weighted by molar-refractivity contribution is -0.128. The van der Waals surface area contributed by atoms with Crippen molar-refractivity contribution in [2.24, 2.45) is 5.92 Å². The molecule has 0 heterocycles. The first-order valence-electron chi connectivity index (χ1n) is 5.06. The van der Waals surface area contributed by atoms with Crippen molar-refractivity contribution in [3.8, 4) is 0 Å². The summed E-state index contributed by atoms with van der Waals surface area (Å²) in [5.74, 6) is -0.800. The lowest BCUT2D eigenvalue weighted by Crippen LogP contribution is -2.27. The molecule has 0 bridgehead atoms. The van der Waals surface area contributed by atoms with Crippen molar-refractivity contribution in [2.45, 2.75) is 26.4 Å². The van der Waals surface area contributed by atoms with Gasteiger partial charge in [0.25, 0.3) is 0 Å². The standard InChI is InChI=1S/C12H14BrFO2/c1-7(2)12(16)11(15)6-8-5-9(14)3-4-10(8)13/h3-5,7,12,16H,6H2,1-2H3. The highest BCUT2D eigenvalue weighted by atomic mass is 79.9. The number of ketones is 1. The van der Waals surface area contributed by atoms with Gasteiger partial charge in [-0.3, -0.25) is 4.79 Å². The van der Waals surface area contributed by atoms with Gasteiger partial charge in [-0.1, -0.05) is 29.8 Å². The number of aliphatic hydroxyl groups excluding tert-OH is 1. The summed E-state index contributed by atoms with van der Waals surface area (Å²) in [7, 11) is 0. The lowest BCUT2D eigenvalue weighted by Gasteiger charge is -2.13. The van der Waals surface area contributed by atoms with E-state index in [2.05, 4.69) is 15.9 Å². The Morgan fingerprint density at radius 3 is 2.69 bits per heavy atom. The number of benzene rings is 1. The highest BCUT2D eigenvalue weighted by Gasteiger charge is 2.19. The van der Waals surface area contributed by atoms with E-state index in [0.29, 0.717) is 10.0 Å². The molecule has 0 radical (unpaired) electrons. The molecule has 0 saturated heterocycles. The van der Waals surface area contributed by atoms with Gasteiger partial charge in [0.05, 0.1) is 0 Å². The Morgan fingerprint density at radius 1 is 1.50 bits per heavy atom. The van der Waals surface area contributed by atoms with E-state index < -0.39 is 6.10 Å². The first kappa shape index (κ1) is 13.3. The number of carbonyl (C=O) groups excluding carboxylic acids is 1. The van der Waals surface area contributed by atoms with Crippen LogP contribution in [-0.2, 0) is 11.2 Å². The van der Waals surface area contributed by atoms with E-state index in [9.17, 15) is 14.3 Å². The van der Waals surface area contributed by atoms with Crippen molar-refractivity contribution in [3.63, 3.8) is 0 Å². The average Bonchev–Trinajstić information content (AvgIpc) is 2.22. The minimum Gasteiger partial charge on any atom is -0.385 e. The van der Waals surface area contributed by atoms with Crippen molar-refractivity contribution >= 4 is 21.7 Å². The van der Waals surface area contributed by atoms with Crippen LogP contribution >= 0.6 is 15.9 Å². The number of aliphatic hydroxyl groups is 1. The first-order chi connectivity index (χ1) is 7.41. The Hall–Kier alpha value is -0.740. The molecule has 0 saturated carbocycles. The average molecular weight is 289 g/mol. The summed E-state index contributed by atoms with van der Waals surface area (Å²) in [5, 5.41) is 9.56. The minimum atomic E-state index is -0.991. The van der Waals surface area contributed by atoms with Crippen molar-refractivity contribution in [2.75, 3.05) is 0 Å². The van der Waals surface area contributed by atoms with E-state index in [1.165, 1.54) is 12.1 Å². The van der Waals surface area contributed by atoms with Gasteiger partial charge in [-0.25, -0.2) is 4.39 Å². The molecule has 0 amide bonds. The smallest absolute Gasteiger partial charge is 0.165 e. The van der Waals surface area contributed by atoms with Crippen LogP contribution in [0.1, 0.15) is 19.4 Å². The third kappa shape index (κ3) is 3.39. The van der Waals surface area contributed by atoms with Crippen LogP contribution in [0.25, 0.3) is 0 Å². The first-order valence-corrected chi connectivity index (χ1v) is 5.86. The number of carbonyl (C=O) groups is 1. The number of hydrogen-bond donors (Lipinski definition) is 1. The van der Waals surface area contributed by atoms with E-state index in [-0.39, 0.29) is 23.9 Å². The summed E-state index contributed by atoms with van der Waals surface area (Å²) >= 11 is 3.24. The van der Waals surface area contributed by atoms with Crippen LogP contribution in [0, 0.1) is 11.7 Å². The third-order valence-electron chi connectivity index (χ3n) is 2.33. The van der Waals surface area contributed by atoms with Crippen LogP contribution in [0.4, 0.5) is 4.39 Å². The molecule has 16 heavy (non-hydrogen) atoms. The molecular weight excluding hydrogens is 275 g/mol. The monoisotopic (exact) mass is 288 g/mol. The van der Waals surface area contributed by atoms with Crippen LogP contribution in [0.15, 0.2) is 22.7 Å². The van der Waals surface area contributed by atoms with Crippen molar-refractivity contribution in [1.29, 1.82) is 0 Å². The SMILES string of the molecule is CC(C)C(O)C(=O)Cc1cc(F)ccc1Br. The van der Waals surface area contributed by atoms with Crippen LogP contribution in [0.2, 0.25) is 0 Å². The zero-order valence-electron chi connectivity index (χ0n) is 9.21. The number of hydrogen-bond acceptors (Lipinski definition) is 2. The van der Waals surface area contributed by atoms with Gasteiger partial charge in [0.2, 0.25) is 0 Å². The van der Waals surface area contributed by atoms with Crippen molar-refractivity contribution < 1.29 is 14.3 Å². The summed E-state index contributed by atoms with van der Waals surface area (Å²) in [4.78, 5) is 11.6. The maximum atomic E-state index is 13.0. The predicted octanol–water partition coefficient (Wildman–Crippen LogP) is 2.72. The summed E-state index contributed by atoms with van der Waals surface area (Å²) in [5.41, 5.74) is 0.560. The molecule has 0 aliphatic carbocycles. The maximum Gasteiger partial charge on any atom is 0.165 e. The van der Waals surface area contributed by atoms with Gasteiger partial charge in [0.15, 0.2) is 5.78 Å². The van der Waals surface area contributed by atoms with Gasteiger partial charge in [-0.2, -0.15) is 0 Å². The van der Waals surface area contributed by atoms with Crippen molar-refractivity contribution in [1.82, 2.24) is 0 Å². The molecule has 0 aliphatic heterocycles. The van der Waals surface area contributed by atoms with E-state index in [1.54, 1.807) is 19.9 Å².